The van der Waals surface area contributed by atoms with Crippen LogP contribution < -0.4 is 5.32 Å². The van der Waals surface area contributed by atoms with Gasteiger partial charge < -0.3 is 9.72 Å². The average Bonchev–Trinajstić information content (AvgIpc) is 3.11. The highest BCUT2D eigenvalue weighted by atomic mass is 32.2. The van der Waals surface area contributed by atoms with Gasteiger partial charge in [0.2, 0.25) is 15.0 Å². The maximum Gasteiger partial charge on any atom is 0.249 e. The van der Waals surface area contributed by atoms with Crippen LogP contribution in [0.3, 0.4) is 0 Å². The van der Waals surface area contributed by atoms with Gasteiger partial charge in [0.15, 0.2) is 0 Å². The van der Waals surface area contributed by atoms with Gasteiger partial charge in [-0.25, -0.2) is 32.2 Å². The van der Waals surface area contributed by atoms with Crippen molar-refractivity contribution in [1.82, 2.24) is 19.4 Å². The summed E-state index contributed by atoms with van der Waals surface area (Å²) in [6.07, 6.45) is 5.28. The largest absolute Gasteiger partial charge is 0.363 e. The molecule has 0 amide bonds. The average molecular weight is 458 g/mol. The highest BCUT2D eigenvalue weighted by molar-refractivity contribution is 7.90. The number of anilines is 1. The summed E-state index contributed by atoms with van der Waals surface area (Å²) in [6, 6.07) is 7.99. The van der Waals surface area contributed by atoms with Crippen LogP contribution >= 0.6 is 0 Å². The van der Waals surface area contributed by atoms with E-state index < -0.39 is 27.5 Å². The number of aryl methyl sites for hydroxylation is 1. The minimum atomic E-state index is -3.74. The van der Waals surface area contributed by atoms with Crippen LogP contribution in [0.25, 0.3) is 16.9 Å². The minimum Gasteiger partial charge on any atom is -0.363 e. The number of nitrogens with one attached hydrogen (secondary N) is 1. The molecule has 1 aromatic carbocycles. The van der Waals surface area contributed by atoms with Gasteiger partial charge in [-0.05, 0) is 31.5 Å². The lowest BCUT2D eigenvalue weighted by Crippen LogP contribution is -2.13. The molecular formula is C22H21F2N5O2S. The molecule has 7 nitrogen and oxygen atoms in total. The number of halogens is 2. The molecule has 0 fully saturated rings. The van der Waals surface area contributed by atoms with E-state index in [4.69, 9.17) is 0 Å². The predicted molar refractivity (Wildman–Crippen MR) is 117 cm³/mol. The molecule has 0 saturated heterocycles. The lowest BCUT2D eigenvalue weighted by Gasteiger charge is -2.17. The summed E-state index contributed by atoms with van der Waals surface area (Å²) in [5.41, 5.74) is 2.85. The van der Waals surface area contributed by atoms with Crippen LogP contribution in [0.1, 0.15) is 31.1 Å². The molecule has 3 aromatic heterocycles. The topological polar surface area (TPSA) is 89.2 Å². The SMILES string of the molecule is CCc1cc(-c2cc(N[C@@H](C)c3ccc(F)cc3F)nc(S(C)(=O)=O)n2)c2ncccn12. The zero-order valence-electron chi connectivity index (χ0n) is 17.7. The van der Waals surface area contributed by atoms with Gasteiger partial charge >= 0.3 is 0 Å². The summed E-state index contributed by atoms with van der Waals surface area (Å²) in [5.74, 6) is -1.19. The van der Waals surface area contributed by atoms with Crippen molar-refractivity contribution in [1.29, 1.82) is 0 Å². The Kier molecular flexibility index (Phi) is 5.64. The van der Waals surface area contributed by atoms with E-state index in [9.17, 15) is 17.2 Å². The van der Waals surface area contributed by atoms with Crippen LogP contribution in [0, 0.1) is 11.6 Å². The molecule has 3 heterocycles. The fourth-order valence-corrected chi connectivity index (χ4v) is 4.05. The van der Waals surface area contributed by atoms with Gasteiger partial charge in [-0.15, -0.1) is 0 Å². The van der Waals surface area contributed by atoms with Crippen molar-refractivity contribution in [3.8, 4) is 11.3 Å². The minimum absolute atomic E-state index is 0.194. The second kappa shape index (κ2) is 8.27. The van der Waals surface area contributed by atoms with E-state index in [1.54, 1.807) is 19.2 Å². The van der Waals surface area contributed by atoms with Crippen molar-refractivity contribution in [2.24, 2.45) is 0 Å². The summed E-state index contributed by atoms with van der Waals surface area (Å²) < 4.78 is 53.9. The first-order valence-electron chi connectivity index (χ1n) is 9.93. The number of hydrogen-bond acceptors (Lipinski definition) is 6. The van der Waals surface area contributed by atoms with Gasteiger partial charge in [0, 0.05) is 47.6 Å². The second-order valence-electron chi connectivity index (χ2n) is 7.44. The number of fused-ring (bicyclic) bond motifs is 1. The third-order valence-corrected chi connectivity index (χ3v) is 5.92. The van der Waals surface area contributed by atoms with Gasteiger partial charge in [-0.1, -0.05) is 13.0 Å². The molecule has 0 aliphatic rings. The van der Waals surface area contributed by atoms with Crippen LogP contribution in [-0.4, -0.2) is 34.0 Å². The number of benzene rings is 1. The molecule has 32 heavy (non-hydrogen) atoms. The van der Waals surface area contributed by atoms with Gasteiger partial charge in [-0.2, -0.15) is 0 Å². The van der Waals surface area contributed by atoms with Crippen LogP contribution in [0.2, 0.25) is 0 Å². The quantitative estimate of drug-likeness (QED) is 0.437. The fraction of sp³-hybridized carbons (Fsp3) is 0.227. The first-order valence-corrected chi connectivity index (χ1v) is 11.8. The predicted octanol–water partition coefficient (Wildman–Crippen LogP) is 4.21. The Balaban J connectivity index is 1.83. The molecule has 0 unspecified atom stereocenters. The Hall–Kier alpha value is -3.40. The Morgan fingerprint density at radius 1 is 1.16 bits per heavy atom. The number of hydrogen-bond donors (Lipinski definition) is 1. The fourth-order valence-electron chi connectivity index (χ4n) is 3.52. The lowest BCUT2D eigenvalue weighted by molar-refractivity contribution is 0.565. The first kappa shape index (κ1) is 21.8. The van der Waals surface area contributed by atoms with Gasteiger partial charge in [0.05, 0.1) is 11.7 Å². The molecule has 166 valence electrons. The zero-order chi connectivity index (χ0) is 23.0. The molecule has 10 heteroatoms. The van der Waals surface area contributed by atoms with E-state index in [1.807, 2.05) is 29.7 Å². The molecule has 0 saturated carbocycles. The summed E-state index contributed by atoms with van der Waals surface area (Å²) in [6.45, 7) is 3.68. The lowest BCUT2D eigenvalue weighted by atomic mass is 10.1. The van der Waals surface area contributed by atoms with Crippen LogP contribution in [0.4, 0.5) is 14.6 Å². The standard InChI is InChI=1S/C22H21F2N5O2S/c1-4-15-11-17(21-25-8-5-9-29(15)21)19-12-20(28-22(27-19)32(3,30)31)26-13(2)16-7-6-14(23)10-18(16)24/h5-13H,4H2,1-3H3,(H,26,27,28)/t13-/m0/s1. The number of sulfone groups is 1. The maximum atomic E-state index is 14.2. The van der Waals surface area contributed by atoms with E-state index in [1.165, 1.54) is 6.07 Å². The third-order valence-electron chi connectivity index (χ3n) is 5.08. The van der Waals surface area contributed by atoms with E-state index in [-0.39, 0.29) is 16.5 Å². The smallest absolute Gasteiger partial charge is 0.249 e. The van der Waals surface area contributed by atoms with Crippen molar-refractivity contribution in [3.63, 3.8) is 0 Å². The second-order valence-corrected chi connectivity index (χ2v) is 9.35. The van der Waals surface area contributed by atoms with Gasteiger partial charge in [0.25, 0.3) is 0 Å². The maximum absolute atomic E-state index is 14.2. The molecule has 0 aliphatic heterocycles. The molecular weight excluding hydrogens is 436 g/mol. The monoisotopic (exact) mass is 457 g/mol. The van der Waals surface area contributed by atoms with Gasteiger partial charge in [-0.3, -0.25) is 0 Å². The van der Waals surface area contributed by atoms with E-state index in [0.717, 1.165) is 30.5 Å². The Bertz CT molecular complexity index is 1420. The van der Waals surface area contributed by atoms with E-state index >= 15 is 0 Å². The Morgan fingerprint density at radius 2 is 1.94 bits per heavy atom. The summed E-state index contributed by atoms with van der Waals surface area (Å²) in [5, 5.41) is 2.64. The van der Waals surface area contributed by atoms with Crippen molar-refractivity contribution in [2.45, 2.75) is 31.5 Å². The molecule has 4 aromatic rings. The van der Waals surface area contributed by atoms with Crippen molar-refractivity contribution in [3.05, 3.63) is 71.7 Å². The molecule has 1 N–H and O–H groups in total. The Morgan fingerprint density at radius 3 is 2.62 bits per heavy atom. The first-order chi connectivity index (χ1) is 15.2. The third kappa shape index (κ3) is 4.18. The molecule has 4 rings (SSSR count). The molecule has 0 aliphatic carbocycles. The highest BCUT2D eigenvalue weighted by Gasteiger charge is 2.20. The van der Waals surface area contributed by atoms with Crippen LogP contribution in [0.5, 0.6) is 0 Å². The molecule has 0 radical (unpaired) electrons. The van der Waals surface area contributed by atoms with Gasteiger partial charge in [0.1, 0.15) is 23.1 Å². The van der Waals surface area contributed by atoms with Crippen molar-refractivity contribution < 1.29 is 17.2 Å². The molecule has 0 spiro atoms. The molecule has 1 atom stereocenters. The normalized spacial score (nSPS) is 12.8. The van der Waals surface area contributed by atoms with E-state index in [2.05, 4.69) is 20.3 Å². The number of rotatable bonds is 6. The Labute approximate surface area is 184 Å². The van der Waals surface area contributed by atoms with Crippen LogP contribution in [0.15, 0.2) is 53.9 Å². The molecule has 0 bridgehead atoms. The highest BCUT2D eigenvalue weighted by Crippen LogP contribution is 2.29. The van der Waals surface area contributed by atoms with Crippen LogP contribution in [-0.2, 0) is 16.3 Å². The summed E-state index contributed by atoms with van der Waals surface area (Å²) >= 11 is 0. The van der Waals surface area contributed by atoms with Crippen molar-refractivity contribution >= 4 is 21.3 Å². The summed E-state index contributed by atoms with van der Waals surface area (Å²) in [4.78, 5) is 12.8. The van der Waals surface area contributed by atoms with E-state index in [0.29, 0.717) is 16.9 Å². The summed E-state index contributed by atoms with van der Waals surface area (Å²) in [7, 11) is -3.74. The zero-order valence-corrected chi connectivity index (χ0v) is 18.5. The number of nitrogens with zero attached hydrogens (tertiary/aromatic N) is 4. The number of aromatic nitrogens is 4. The van der Waals surface area contributed by atoms with Crippen molar-refractivity contribution in [2.75, 3.05) is 11.6 Å².